The number of likely N-dealkylation sites (tertiary alicyclic amines) is 1. The lowest BCUT2D eigenvalue weighted by Crippen LogP contribution is -2.47. The lowest BCUT2D eigenvalue weighted by molar-refractivity contribution is -0.153. The molecule has 1 saturated heterocycles. The lowest BCUT2D eigenvalue weighted by atomic mass is 9.77. The van der Waals surface area contributed by atoms with Crippen LogP contribution < -0.4 is 4.74 Å². The van der Waals surface area contributed by atoms with Gasteiger partial charge >= 0.3 is 5.97 Å². The Labute approximate surface area is 120 Å². The minimum atomic E-state index is -0.657. The fourth-order valence-corrected chi connectivity index (χ4v) is 3.01. The molecule has 4 nitrogen and oxygen atoms in total. The maximum absolute atomic E-state index is 11.6. The van der Waals surface area contributed by atoms with Crippen molar-refractivity contribution in [1.29, 1.82) is 0 Å². The van der Waals surface area contributed by atoms with Gasteiger partial charge in [0.05, 0.1) is 12.5 Å². The Morgan fingerprint density at radius 1 is 1.50 bits per heavy atom. The topological polar surface area (TPSA) is 49.8 Å². The van der Waals surface area contributed by atoms with Crippen molar-refractivity contribution < 1.29 is 14.6 Å². The van der Waals surface area contributed by atoms with Crippen LogP contribution in [0.15, 0.2) is 24.3 Å². The zero-order chi connectivity index (χ0) is 14.6. The Balaban J connectivity index is 2.07. The van der Waals surface area contributed by atoms with Gasteiger partial charge in [-0.25, -0.2) is 0 Å². The minimum Gasteiger partial charge on any atom is -0.497 e. The predicted octanol–water partition coefficient (Wildman–Crippen LogP) is 2.77. The molecule has 1 aliphatic rings. The molecule has 1 aliphatic heterocycles. The summed E-state index contributed by atoms with van der Waals surface area (Å²) in [6, 6.07) is 7.98. The quantitative estimate of drug-likeness (QED) is 0.899. The van der Waals surface area contributed by atoms with E-state index in [0.717, 1.165) is 31.7 Å². The minimum absolute atomic E-state index is 0.572. The average Bonchev–Trinajstić information content (AvgIpc) is 2.47. The van der Waals surface area contributed by atoms with Crippen molar-refractivity contribution in [3.8, 4) is 5.75 Å². The maximum atomic E-state index is 11.6. The standard InChI is InChI=1S/C16H23NO3/c1-3-16(15(18)19)8-5-9-17(12-16)11-13-6-4-7-14(10-13)20-2/h4,6-7,10H,3,5,8-9,11-12H2,1-2H3,(H,18,19). The highest BCUT2D eigenvalue weighted by Crippen LogP contribution is 2.34. The van der Waals surface area contributed by atoms with Crippen LogP contribution in [0, 0.1) is 5.41 Å². The van der Waals surface area contributed by atoms with Crippen LogP contribution in [0.3, 0.4) is 0 Å². The van der Waals surface area contributed by atoms with Crippen LogP contribution in [-0.4, -0.2) is 36.2 Å². The average molecular weight is 277 g/mol. The molecule has 1 aromatic carbocycles. The first-order valence-electron chi connectivity index (χ1n) is 7.18. The van der Waals surface area contributed by atoms with Gasteiger partial charge in [0.25, 0.3) is 0 Å². The van der Waals surface area contributed by atoms with Gasteiger partial charge in [0.2, 0.25) is 0 Å². The summed E-state index contributed by atoms with van der Waals surface area (Å²) in [5.41, 5.74) is 0.596. The third-order valence-corrected chi connectivity index (χ3v) is 4.33. The number of carboxylic acid groups (broad SMARTS) is 1. The van der Waals surface area contributed by atoms with Gasteiger partial charge in [-0.2, -0.15) is 0 Å². The molecule has 2 rings (SSSR count). The van der Waals surface area contributed by atoms with Gasteiger partial charge in [-0.05, 0) is 43.5 Å². The number of methoxy groups -OCH3 is 1. The summed E-state index contributed by atoms with van der Waals surface area (Å²) in [6.07, 6.45) is 2.43. The molecule has 4 heteroatoms. The molecule has 0 radical (unpaired) electrons. The highest BCUT2D eigenvalue weighted by molar-refractivity contribution is 5.75. The third-order valence-electron chi connectivity index (χ3n) is 4.33. The molecule has 0 aromatic heterocycles. The summed E-state index contributed by atoms with van der Waals surface area (Å²) in [5.74, 6) is 0.190. The first-order valence-corrected chi connectivity index (χ1v) is 7.18. The molecule has 0 spiro atoms. The number of nitrogens with zero attached hydrogens (tertiary/aromatic N) is 1. The second-order valence-electron chi connectivity index (χ2n) is 5.60. The van der Waals surface area contributed by atoms with Crippen LogP contribution in [0.1, 0.15) is 31.7 Å². The Bertz CT molecular complexity index is 475. The van der Waals surface area contributed by atoms with Crippen LogP contribution in [0.25, 0.3) is 0 Å². The molecule has 1 atom stereocenters. The molecule has 1 aromatic rings. The third kappa shape index (κ3) is 3.12. The highest BCUT2D eigenvalue weighted by atomic mass is 16.5. The van der Waals surface area contributed by atoms with E-state index < -0.39 is 11.4 Å². The van der Waals surface area contributed by atoms with Crippen molar-refractivity contribution in [2.75, 3.05) is 20.2 Å². The van der Waals surface area contributed by atoms with Gasteiger partial charge in [0.15, 0.2) is 0 Å². The summed E-state index contributed by atoms with van der Waals surface area (Å²) in [4.78, 5) is 13.8. The monoisotopic (exact) mass is 277 g/mol. The zero-order valence-corrected chi connectivity index (χ0v) is 12.3. The molecule has 0 amide bonds. The number of aliphatic carboxylic acids is 1. The molecule has 0 bridgehead atoms. The SMILES string of the molecule is CCC1(C(=O)O)CCCN(Cc2cccc(OC)c2)C1. The predicted molar refractivity (Wildman–Crippen MR) is 77.9 cm³/mol. The first-order chi connectivity index (χ1) is 9.59. The Morgan fingerprint density at radius 3 is 2.95 bits per heavy atom. The van der Waals surface area contributed by atoms with Crippen molar-refractivity contribution in [3.63, 3.8) is 0 Å². The fraction of sp³-hybridized carbons (Fsp3) is 0.562. The summed E-state index contributed by atoms with van der Waals surface area (Å²) < 4.78 is 5.23. The second-order valence-corrected chi connectivity index (χ2v) is 5.60. The van der Waals surface area contributed by atoms with Gasteiger partial charge in [-0.1, -0.05) is 19.1 Å². The van der Waals surface area contributed by atoms with Crippen molar-refractivity contribution in [3.05, 3.63) is 29.8 Å². The number of hydrogen-bond acceptors (Lipinski definition) is 3. The molecular formula is C16H23NO3. The van der Waals surface area contributed by atoms with Crippen LogP contribution in [0.5, 0.6) is 5.75 Å². The molecule has 110 valence electrons. The number of hydrogen-bond donors (Lipinski definition) is 1. The van der Waals surface area contributed by atoms with Crippen molar-refractivity contribution >= 4 is 5.97 Å². The summed E-state index contributed by atoms with van der Waals surface area (Å²) in [7, 11) is 1.66. The largest absolute Gasteiger partial charge is 0.497 e. The van der Waals surface area contributed by atoms with Crippen molar-refractivity contribution in [2.24, 2.45) is 5.41 Å². The molecule has 1 N–H and O–H groups in total. The van der Waals surface area contributed by atoms with E-state index in [2.05, 4.69) is 11.0 Å². The van der Waals surface area contributed by atoms with E-state index in [1.807, 2.05) is 25.1 Å². The van der Waals surface area contributed by atoms with Crippen LogP contribution in [-0.2, 0) is 11.3 Å². The number of piperidine rings is 1. The van der Waals surface area contributed by atoms with E-state index in [0.29, 0.717) is 13.0 Å². The number of carboxylic acids is 1. The highest BCUT2D eigenvalue weighted by Gasteiger charge is 2.40. The van der Waals surface area contributed by atoms with Gasteiger partial charge in [-0.15, -0.1) is 0 Å². The van der Waals surface area contributed by atoms with Gasteiger partial charge in [0, 0.05) is 13.1 Å². The Kier molecular flexibility index (Phi) is 4.65. The fourth-order valence-electron chi connectivity index (χ4n) is 3.01. The van der Waals surface area contributed by atoms with Crippen LogP contribution >= 0.6 is 0 Å². The Hall–Kier alpha value is -1.55. The van der Waals surface area contributed by atoms with Gasteiger partial charge < -0.3 is 9.84 Å². The summed E-state index contributed by atoms with van der Waals surface area (Å²) in [6.45, 7) is 4.36. The normalized spacial score (nSPS) is 23.5. The molecule has 1 heterocycles. The molecule has 1 fully saturated rings. The van der Waals surface area contributed by atoms with Crippen molar-refractivity contribution in [1.82, 2.24) is 4.90 Å². The molecule has 0 saturated carbocycles. The van der Waals surface area contributed by atoms with E-state index in [1.165, 1.54) is 5.56 Å². The number of carbonyl (C=O) groups is 1. The molecule has 20 heavy (non-hydrogen) atoms. The summed E-state index contributed by atoms with van der Waals surface area (Å²) in [5, 5.41) is 9.51. The first kappa shape index (κ1) is 14.9. The van der Waals surface area contributed by atoms with Gasteiger partial charge in [-0.3, -0.25) is 9.69 Å². The van der Waals surface area contributed by atoms with Crippen molar-refractivity contribution in [2.45, 2.75) is 32.7 Å². The number of rotatable bonds is 5. The maximum Gasteiger partial charge on any atom is 0.310 e. The van der Waals surface area contributed by atoms with E-state index in [-0.39, 0.29) is 0 Å². The van der Waals surface area contributed by atoms with E-state index in [4.69, 9.17) is 4.74 Å². The van der Waals surface area contributed by atoms with Crippen LogP contribution in [0.2, 0.25) is 0 Å². The number of benzene rings is 1. The number of ether oxygens (including phenoxy) is 1. The summed E-state index contributed by atoms with van der Waals surface area (Å²) >= 11 is 0. The smallest absolute Gasteiger partial charge is 0.310 e. The molecule has 1 unspecified atom stereocenters. The van der Waals surface area contributed by atoms with Crippen LogP contribution in [0.4, 0.5) is 0 Å². The van der Waals surface area contributed by atoms with E-state index in [1.54, 1.807) is 7.11 Å². The van der Waals surface area contributed by atoms with Gasteiger partial charge in [0.1, 0.15) is 5.75 Å². The van der Waals surface area contributed by atoms with E-state index >= 15 is 0 Å². The second kappa shape index (κ2) is 6.27. The zero-order valence-electron chi connectivity index (χ0n) is 12.3. The molecular weight excluding hydrogens is 254 g/mol. The molecule has 0 aliphatic carbocycles. The van der Waals surface area contributed by atoms with E-state index in [9.17, 15) is 9.90 Å². The lowest BCUT2D eigenvalue weighted by Gasteiger charge is -2.39. The Morgan fingerprint density at radius 2 is 2.30 bits per heavy atom.